The second-order valence-corrected chi connectivity index (χ2v) is 9.79. The average Bonchev–Trinajstić information content (AvgIpc) is 2.42. The predicted molar refractivity (Wildman–Crippen MR) is 99.3 cm³/mol. The third-order valence-electron chi connectivity index (χ3n) is 3.42. The van der Waals surface area contributed by atoms with E-state index in [0.29, 0.717) is 6.42 Å². The summed E-state index contributed by atoms with van der Waals surface area (Å²) in [5, 5.41) is 0.276. The molecular weight excluding hydrogens is 350 g/mol. The van der Waals surface area contributed by atoms with Gasteiger partial charge in [0.05, 0.1) is 23.3 Å². The molecule has 0 aliphatic carbocycles. The second-order valence-electron chi connectivity index (χ2n) is 6.89. The van der Waals surface area contributed by atoms with Crippen molar-refractivity contribution >= 4 is 27.6 Å². The van der Waals surface area contributed by atoms with Crippen LogP contribution in [0.5, 0.6) is 0 Å². The number of carbonyl (C=O) groups is 1. The zero-order chi connectivity index (χ0) is 19.1. The molecule has 5 nitrogen and oxygen atoms in total. The van der Waals surface area contributed by atoms with Gasteiger partial charge in [0.15, 0.2) is 0 Å². The van der Waals surface area contributed by atoms with E-state index < -0.39 is 32.7 Å². The van der Waals surface area contributed by atoms with Crippen LogP contribution in [-0.2, 0) is 19.6 Å². The predicted octanol–water partition coefficient (Wildman–Crippen LogP) is 3.61. The summed E-state index contributed by atoms with van der Waals surface area (Å²) in [5.74, 6) is -1.08. The van der Waals surface area contributed by atoms with Crippen LogP contribution in [0.1, 0.15) is 48.0 Å². The molecule has 140 valence electrons. The summed E-state index contributed by atoms with van der Waals surface area (Å²) in [6, 6.07) is -0.613. The van der Waals surface area contributed by atoms with E-state index in [9.17, 15) is 13.2 Å². The Labute approximate surface area is 151 Å². The highest BCUT2D eigenvalue weighted by molar-refractivity contribution is 7.90. The smallest absolute Gasteiger partial charge is 0.313 e. The van der Waals surface area contributed by atoms with E-state index in [2.05, 4.69) is 11.3 Å². The number of rotatable bonds is 9. The van der Waals surface area contributed by atoms with E-state index in [-0.39, 0.29) is 17.6 Å². The molecule has 0 unspecified atom stereocenters. The summed E-state index contributed by atoms with van der Waals surface area (Å²) in [4.78, 5) is 12.0. The molecule has 0 rings (SSSR count). The van der Waals surface area contributed by atoms with E-state index in [1.807, 2.05) is 13.8 Å². The largest absolute Gasteiger partial charge is 0.466 e. The van der Waals surface area contributed by atoms with Crippen molar-refractivity contribution in [2.24, 2.45) is 11.8 Å². The van der Waals surface area contributed by atoms with Gasteiger partial charge in [0.1, 0.15) is 0 Å². The van der Waals surface area contributed by atoms with Gasteiger partial charge in [0.2, 0.25) is 10.0 Å². The number of halogens is 1. The molecule has 0 aromatic carbocycles. The molecule has 0 aromatic heterocycles. The van der Waals surface area contributed by atoms with Crippen LogP contribution in [0, 0.1) is 11.8 Å². The molecule has 7 heteroatoms. The number of hydrogen-bond acceptors (Lipinski definition) is 4. The van der Waals surface area contributed by atoms with E-state index >= 15 is 0 Å². The fraction of sp³-hybridized carbons (Fsp3) is 0.706. The Balaban J connectivity index is 5.57. The zero-order valence-corrected chi connectivity index (χ0v) is 17.0. The van der Waals surface area contributed by atoms with Crippen LogP contribution in [0.25, 0.3) is 0 Å². The maximum absolute atomic E-state index is 12.4. The van der Waals surface area contributed by atoms with Crippen LogP contribution in [0.3, 0.4) is 0 Å². The third kappa shape index (κ3) is 6.95. The Bertz CT molecular complexity index is 562. The quantitative estimate of drug-likeness (QED) is 0.490. The Morgan fingerprint density at radius 2 is 1.88 bits per heavy atom. The van der Waals surface area contributed by atoms with Crippen molar-refractivity contribution in [2.45, 2.75) is 58.8 Å². The molecule has 0 saturated heterocycles. The molecule has 0 bridgehead atoms. The SMILES string of the molecule is C=CC[C@@H](/C=C(\Cl)[C@@H](NS(=O)(=O)C(C)(C)C)C(C)C)C(=O)OCC. The Morgan fingerprint density at radius 3 is 2.25 bits per heavy atom. The minimum absolute atomic E-state index is 0.0857. The van der Waals surface area contributed by atoms with Crippen molar-refractivity contribution < 1.29 is 17.9 Å². The van der Waals surface area contributed by atoms with Crippen LogP contribution in [0.4, 0.5) is 0 Å². The van der Waals surface area contributed by atoms with Crippen molar-refractivity contribution in [1.29, 1.82) is 0 Å². The number of ether oxygens (including phenoxy) is 1. The molecule has 2 atom stereocenters. The van der Waals surface area contributed by atoms with E-state index in [0.717, 1.165) is 0 Å². The lowest BCUT2D eigenvalue weighted by Gasteiger charge is -2.27. The van der Waals surface area contributed by atoms with Crippen molar-refractivity contribution in [3.63, 3.8) is 0 Å². The molecular formula is C17H30ClNO4S. The van der Waals surface area contributed by atoms with Gasteiger partial charge in [-0.05, 0) is 40.0 Å². The Hall–Kier alpha value is -0.850. The molecule has 0 radical (unpaired) electrons. The molecule has 0 heterocycles. The Morgan fingerprint density at radius 1 is 1.33 bits per heavy atom. The maximum atomic E-state index is 12.4. The number of sulfonamides is 1. The molecule has 0 amide bonds. The van der Waals surface area contributed by atoms with E-state index in [4.69, 9.17) is 16.3 Å². The highest BCUT2D eigenvalue weighted by Crippen LogP contribution is 2.24. The molecule has 0 spiro atoms. The number of nitrogens with one attached hydrogen (secondary N) is 1. The second kappa shape index (κ2) is 9.59. The fourth-order valence-electron chi connectivity index (χ4n) is 1.81. The van der Waals surface area contributed by atoms with Gasteiger partial charge in [0.25, 0.3) is 0 Å². The van der Waals surface area contributed by atoms with E-state index in [1.54, 1.807) is 39.8 Å². The molecule has 0 aliphatic heterocycles. The standard InChI is InChI=1S/C17H30ClNO4S/c1-8-10-13(16(20)23-9-2)11-14(18)15(12(3)4)19-24(21,22)17(5,6)7/h8,11-13,15,19H,1,9-10H2,2-7H3/b14-11-/t13-,15-/m0/s1. The van der Waals surface area contributed by atoms with Gasteiger partial charge < -0.3 is 4.74 Å². The van der Waals surface area contributed by atoms with Crippen molar-refractivity contribution in [3.05, 3.63) is 23.8 Å². The normalized spacial score (nSPS) is 15.9. The van der Waals surface area contributed by atoms with Crippen molar-refractivity contribution in [3.8, 4) is 0 Å². The topological polar surface area (TPSA) is 72.5 Å². The summed E-state index contributed by atoms with van der Waals surface area (Å²) in [5.41, 5.74) is 0. The summed E-state index contributed by atoms with van der Waals surface area (Å²) in [7, 11) is -3.58. The van der Waals surface area contributed by atoms with Crippen LogP contribution >= 0.6 is 11.6 Å². The van der Waals surface area contributed by atoms with Crippen LogP contribution in [0.15, 0.2) is 23.8 Å². The van der Waals surface area contributed by atoms with Gasteiger partial charge in [-0.1, -0.05) is 37.6 Å². The molecule has 0 aromatic rings. The number of esters is 1. The summed E-state index contributed by atoms with van der Waals surface area (Å²) in [6.07, 6.45) is 3.52. The molecule has 24 heavy (non-hydrogen) atoms. The number of allylic oxidation sites excluding steroid dienone is 1. The van der Waals surface area contributed by atoms with Gasteiger partial charge in [0, 0.05) is 5.03 Å². The lowest BCUT2D eigenvalue weighted by molar-refractivity contribution is -0.146. The first-order valence-corrected chi connectivity index (χ1v) is 9.90. The highest BCUT2D eigenvalue weighted by Gasteiger charge is 2.33. The molecule has 0 fully saturated rings. The van der Waals surface area contributed by atoms with Gasteiger partial charge in [-0.2, -0.15) is 0 Å². The summed E-state index contributed by atoms with van der Waals surface area (Å²) < 4.78 is 31.5. The Kier molecular flexibility index (Phi) is 9.25. The maximum Gasteiger partial charge on any atom is 0.313 e. The van der Waals surface area contributed by atoms with Gasteiger partial charge in [-0.3, -0.25) is 4.79 Å². The fourth-order valence-corrected chi connectivity index (χ4v) is 3.42. The molecule has 0 aliphatic rings. The molecule has 0 saturated carbocycles. The van der Waals surface area contributed by atoms with Crippen LogP contribution < -0.4 is 4.72 Å². The van der Waals surface area contributed by atoms with Crippen LogP contribution in [0.2, 0.25) is 0 Å². The van der Waals surface area contributed by atoms with Crippen molar-refractivity contribution in [1.82, 2.24) is 4.72 Å². The molecule has 1 N–H and O–H groups in total. The number of carbonyl (C=O) groups excluding carboxylic acids is 1. The third-order valence-corrected chi connectivity index (χ3v) is 5.96. The van der Waals surface area contributed by atoms with E-state index in [1.165, 1.54) is 0 Å². The van der Waals surface area contributed by atoms with Gasteiger partial charge in [-0.15, -0.1) is 6.58 Å². The minimum atomic E-state index is -3.58. The first-order chi connectivity index (χ1) is 10.9. The lowest BCUT2D eigenvalue weighted by atomic mass is 9.99. The van der Waals surface area contributed by atoms with Crippen LogP contribution in [-0.4, -0.2) is 31.8 Å². The first kappa shape index (κ1) is 23.1. The van der Waals surface area contributed by atoms with Gasteiger partial charge >= 0.3 is 5.97 Å². The number of hydrogen-bond donors (Lipinski definition) is 1. The zero-order valence-electron chi connectivity index (χ0n) is 15.4. The lowest BCUT2D eigenvalue weighted by Crippen LogP contribution is -2.47. The van der Waals surface area contributed by atoms with Gasteiger partial charge in [-0.25, -0.2) is 13.1 Å². The summed E-state index contributed by atoms with van der Waals surface area (Å²) >= 11 is 6.36. The first-order valence-electron chi connectivity index (χ1n) is 8.04. The minimum Gasteiger partial charge on any atom is -0.466 e. The van der Waals surface area contributed by atoms with Crippen molar-refractivity contribution in [2.75, 3.05) is 6.61 Å². The monoisotopic (exact) mass is 379 g/mol. The summed E-state index contributed by atoms with van der Waals surface area (Å²) in [6.45, 7) is 14.2. The highest BCUT2D eigenvalue weighted by atomic mass is 35.5. The average molecular weight is 380 g/mol.